The van der Waals surface area contributed by atoms with Crippen molar-refractivity contribution in [2.75, 3.05) is 43.1 Å². The smallest absolute Gasteiger partial charge is 0.152 e. The summed E-state index contributed by atoms with van der Waals surface area (Å²) in [5, 5.41) is 4.28. The maximum atomic E-state index is 11.5. The molecule has 3 aromatic carbocycles. The fourth-order valence-electron chi connectivity index (χ4n) is 4.34. The molecule has 0 saturated carbocycles. The van der Waals surface area contributed by atoms with Crippen LogP contribution in [0.2, 0.25) is 0 Å². The Kier molecular flexibility index (Phi) is 8.35. The van der Waals surface area contributed by atoms with Gasteiger partial charge >= 0.3 is 0 Å². The maximum Gasteiger partial charge on any atom is 0.152 e. The Labute approximate surface area is 223 Å². The van der Waals surface area contributed by atoms with Crippen LogP contribution in [0.15, 0.2) is 79.1 Å². The van der Waals surface area contributed by atoms with Crippen molar-refractivity contribution in [1.29, 1.82) is 0 Å². The molecule has 4 aromatic rings. The van der Waals surface area contributed by atoms with Gasteiger partial charge in [0.25, 0.3) is 0 Å². The van der Waals surface area contributed by atoms with Gasteiger partial charge < -0.3 is 19.7 Å². The molecule has 1 aromatic heterocycles. The van der Waals surface area contributed by atoms with Gasteiger partial charge in [0.2, 0.25) is 0 Å². The molecule has 1 N–H and O–H groups in total. The Morgan fingerprint density at radius 2 is 1.61 bits per heavy atom. The van der Waals surface area contributed by atoms with Gasteiger partial charge in [0, 0.05) is 30.2 Å². The van der Waals surface area contributed by atoms with Crippen LogP contribution in [0.5, 0.6) is 11.5 Å². The van der Waals surface area contributed by atoms with Crippen molar-refractivity contribution in [1.82, 2.24) is 14.9 Å². The second-order valence-corrected chi connectivity index (χ2v) is 11.7. The van der Waals surface area contributed by atoms with Crippen molar-refractivity contribution in [2.24, 2.45) is 0 Å². The number of nitrogens with zero attached hydrogens (tertiary/aromatic N) is 3. The molecular weight excluding hydrogens is 500 g/mol. The van der Waals surface area contributed by atoms with E-state index in [1.165, 1.54) is 0 Å². The summed E-state index contributed by atoms with van der Waals surface area (Å²) in [5.41, 5.74) is 2.84. The summed E-state index contributed by atoms with van der Waals surface area (Å²) in [6.07, 6.45) is 3.42. The SMILES string of the molecule is O=S1(=O)CCN(CCCCOc2ccc3c(Nc4ccc(OCc5ccccc5)cc4)ncnc3c2)CC1. The number of aromatic nitrogens is 2. The van der Waals surface area contributed by atoms with Crippen LogP contribution in [0.25, 0.3) is 10.9 Å². The minimum absolute atomic E-state index is 0.272. The van der Waals surface area contributed by atoms with Crippen LogP contribution in [0.3, 0.4) is 0 Å². The van der Waals surface area contributed by atoms with Gasteiger partial charge in [-0.05, 0) is 61.3 Å². The average molecular weight is 533 g/mol. The van der Waals surface area contributed by atoms with Gasteiger partial charge in [-0.15, -0.1) is 0 Å². The topological polar surface area (TPSA) is 93.7 Å². The Morgan fingerprint density at radius 3 is 2.39 bits per heavy atom. The lowest BCUT2D eigenvalue weighted by molar-refractivity contribution is 0.262. The summed E-state index contributed by atoms with van der Waals surface area (Å²) in [6, 6.07) is 23.7. The number of hydrogen-bond acceptors (Lipinski definition) is 8. The van der Waals surface area contributed by atoms with Crippen LogP contribution in [0.1, 0.15) is 18.4 Å². The van der Waals surface area contributed by atoms with Crippen molar-refractivity contribution in [3.63, 3.8) is 0 Å². The molecule has 0 unspecified atom stereocenters. The first-order chi connectivity index (χ1) is 18.5. The minimum Gasteiger partial charge on any atom is -0.494 e. The molecule has 0 amide bonds. The first kappa shape index (κ1) is 25.9. The molecular formula is C29H32N4O4S. The Balaban J connectivity index is 1.11. The van der Waals surface area contributed by atoms with Crippen molar-refractivity contribution in [3.05, 3.63) is 84.7 Å². The molecule has 38 heavy (non-hydrogen) atoms. The number of benzene rings is 3. The fourth-order valence-corrected chi connectivity index (χ4v) is 5.62. The van der Waals surface area contributed by atoms with Crippen LogP contribution < -0.4 is 14.8 Å². The van der Waals surface area contributed by atoms with E-state index >= 15 is 0 Å². The largest absolute Gasteiger partial charge is 0.494 e. The molecule has 0 spiro atoms. The molecule has 0 atom stereocenters. The van der Waals surface area contributed by atoms with Crippen LogP contribution in [-0.4, -0.2) is 61.0 Å². The van der Waals surface area contributed by atoms with Crippen LogP contribution >= 0.6 is 0 Å². The van der Waals surface area contributed by atoms with Gasteiger partial charge in [-0.25, -0.2) is 18.4 Å². The van der Waals surface area contributed by atoms with E-state index in [1.54, 1.807) is 6.33 Å². The van der Waals surface area contributed by atoms with Crippen molar-refractivity contribution in [3.8, 4) is 11.5 Å². The van der Waals surface area contributed by atoms with E-state index in [1.807, 2.05) is 72.8 Å². The van der Waals surface area contributed by atoms with Gasteiger partial charge in [-0.1, -0.05) is 30.3 Å². The lowest BCUT2D eigenvalue weighted by atomic mass is 10.2. The fraction of sp³-hybridized carbons (Fsp3) is 0.310. The number of hydrogen-bond donors (Lipinski definition) is 1. The zero-order valence-electron chi connectivity index (χ0n) is 21.3. The number of ether oxygens (including phenoxy) is 2. The molecule has 1 fully saturated rings. The third-order valence-electron chi connectivity index (χ3n) is 6.55. The molecule has 9 heteroatoms. The number of unbranched alkanes of at least 4 members (excludes halogenated alkanes) is 1. The van der Waals surface area contributed by atoms with Crippen molar-refractivity contribution >= 4 is 32.2 Å². The van der Waals surface area contributed by atoms with E-state index in [0.717, 1.165) is 58.9 Å². The third-order valence-corrected chi connectivity index (χ3v) is 8.16. The van der Waals surface area contributed by atoms with Crippen molar-refractivity contribution in [2.45, 2.75) is 19.4 Å². The van der Waals surface area contributed by atoms with E-state index in [9.17, 15) is 8.42 Å². The molecule has 5 rings (SSSR count). The zero-order valence-corrected chi connectivity index (χ0v) is 22.1. The molecule has 1 aliphatic heterocycles. The Hall–Kier alpha value is -3.69. The second kappa shape index (κ2) is 12.2. The second-order valence-electron chi connectivity index (χ2n) is 9.37. The standard InChI is InChI=1S/C29H32N4O4S/c34-38(35)18-15-33(16-19-38)14-4-5-17-36-26-12-13-27-28(20-26)30-22-31-29(27)32-24-8-10-25(11-9-24)37-21-23-6-2-1-3-7-23/h1-3,6-13,20,22H,4-5,14-19,21H2,(H,30,31,32). The number of nitrogens with one attached hydrogen (secondary N) is 1. The normalized spacial score (nSPS) is 15.3. The zero-order chi connectivity index (χ0) is 26.2. The van der Waals surface area contributed by atoms with Gasteiger partial charge in [0.15, 0.2) is 9.84 Å². The monoisotopic (exact) mass is 532 g/mol. The molecule has 1 aliphatic rings. The predicted octanol–water partition coefficient (Wildman–Crippen LogP) is 4.84. The van der Waals surface area contributed by atoms with Crippen LogP contribution in [-0.2, 0) is 16.4 Å². The molecule has 0 radical (unpaired) electrons. The van der Waals surface area contributed by atoms with Gasteiger partial charge in [0.05, 0.1) is 23.6 Å². The van der Waals surface area contributed by atoms with Gasteiger partial charge in [-0.3, -0.25) is 0 Å². The van der Waals surface area contributed by atoms with E-state index in [2.05, 4.69) is 20.2 Å². The first-order valence-electron chi connectivity index (χ1n) is 12.9. The van der Waals surface area contributed by atoms with E-state index in [-0.39, 0.29) is 11.5 Å². The molecule has 1 saturated heterocycles. The van der Waals surface area contributed by atoms with Crippen LogP contribution in [0.4, 0.5) is 11.5 Å². The molecule has 198 valence electrons. The van der Waals surface area contributed by atoms with E-state index in [4.69, 9.17) is 9.47 Å². The maximum absolute atomic E-state index is 11.5. The molecule has 0 bridgehead atoms. The minimum atomic E-state index is -2.83. The highest BCUT2D eigenvalue weighted by Gasteiger charge is 2.20. The lowest BCUT2D eigenvalue weighted by Gasteiger charge is -2.26. The summed E-state index contributed by atoms with van der Waals surface area (Å²) >= 11 is 0. The average Bonchev–Trinajstić information content (AvgIpc) is 2.94. The van der Waals surface area contributed by atoms with Crippen molar-refractivity contribution < 1.29 is 17.9 Å². The summed E-state index contributed by atoms with van der Waals surface area (Å²) in [7, 11) is -2.83. The molecule has 2 heterocycles. The molecule has 8 nitrogen and oxygen atoms in total. The quantitative estimate of drug-likeness (QED) is 0.274. The van der Waals surface area contributed by atoms with Crippen LogP contribution in [0, 0.1) is 0 Å². The number of anilines is 2. The summed E-state index contributed by atoms with van der Waals surface area (Å²) in [5.74, 6) is 2.84. The van der Waals surface area contributed by atoms with Gasteiger partial charge in [-0.2, -0.15) is 0 Å². The summed E-state index contributed by atoms with van der Waals surface area (Å²) in [6.45, 7) is 3.30. The highest BCUT2D eigenvalue weighted by Crippen LogP contribution is 2.27. The number of fused-ring (bicyclic) bond motifs is 1. The van der Waals surface area contributed by atoms with E-state index in [0.29, 0.717) is 26.3 Å². The number of sulfone groups is 1. The Morgan fingerprint density at radius 1 is 0.842 bits per heavy atom. The number of rotatable bonds is 11. The summed E-state index contributed by atoms with van der Waals surface area (Å²) in [4.78, 5) is 11.1. The predicted molar refractivity (Wildman–Crippen MR) is 150 cm³/mol. The Bertz CT molecular complexity index is 1430. The van der Waals surface area contributed by atoms with Gasteiger partial charge in [0.1, 0.15) is 30.3 Å². The van der Waals surface area contributed by atoms with E-state index < -0.39 is 9.84 Å². The first-order valence-corrected chi connectivity index (χ1v) is 14.7. The third kappa shape index (κ3) is 7.20. The highest BCUT2D eigenvalue weighted by molar-refractivity contribution is 7.91. The molecule has 0 aliphatic carbocycles. The highest BCUT2D eigenvalue weighted by atomic mass is 32.2. The lowest BCUT2D eigenvalue weighted by Crippen LogP contribution is -2.40. The summed E-state index contributed by atoms with van der Waals surface area (Å²) < 4.78 is 34.9.